The van der Waals surface area contributed by atoms with Crippen LogP contribution >= 0.6 is 0 Å². The number of hydrogen-bond donors (Lipinski definition) is 3. The Kier molecular flexibility index (Phi) is 5.78. The first-order chi connectivity index (χ1) is 9.00. The number of aromatic nitrogens is 1. The Morgan fingerprint density at radius 2 is 2.16 bits per heavy atom. The molecule has 0 radical (unpaired) electrons. The summed E-state index contributed by atoms with van der Waals surface area (Å²) in [5, 5.41) is 14.1. The maximum absolute atomic E-state index is 11.6. The molecule has 0 saturated carbocycles. The molecule has 1 aromatic heterocycles. The van der Waals surface area contributed by atoms with Crippen molar-refractivity contribution in [2.24, 2.45) is 5.92 Å². The molecule has 2 amide bonds. The van der Waals surface area contributed by atoms with Gasteiger partial charge in [-0.2, -0.15) is 0 Å². The number of pyridine rings is 1. The van der Waals surface area contributed by atoms with Gasteiger partial charge in [0.1, 0.15) is 0 Å². The van der Waals surface area contributed by atoms with Crippen molar-refractivity contribution in [2.45, 2.75) is 26.3 Å². The molecule has 0 aromatic carbocycles. The van der Waals surface area contributed by atoms with E-state index in [0.29, 0.717) is 13.0 Å². The topological polar surface area (TPSA) is 91.3 Å². The highest BCUT2D eigenvalue weighted by Gasteiger charge is 2.12. The lowest BCUT2D eigenvalue weighted by atomic mass is 10.1. The number of aliphatic carboxylic acids is 1. The Balaban J connectivity index is 2.30. The van der Waals surface area contributed by atoms with E-state index >= 15 is 0 Å². The molecule has 1 aromatic rings. The number of nitrogens with zero attached hydrogens (tertiary/aromatic N) is 1. The van der Waals surface area contributed by atoms with Crippen molar-refractivity contribution in [2.75, 3.05) is 6.54 Å². The van der Waals surface area contributed by atoms with Gasteiger partial charge in [0.15, 0.2) is 0 Å². The van der Waals surface area contributed by atoms with E-state index in [-0.39, 0.29) is 12.1 Å². The minimum absolute atomic E-state index is 0.148. The van der Waals surface area contributed by atoms with Crippen LogP contribution in [0.15, 0.2) is 24.5 Å². The maximum Gasteiger partial charge on any atom is 0.315 e. The molecule has 0 saturated heterocycles. The number of carbonyl (C=O) groups is 2. The Bertz CT molecular complexity index is 422. The van der Waals surface area contributed by atoms with Gasteiger partial charge in [-0.05, 0) is 25.0 Å². The number of urea groups is 1. The zero-order valence-electron chi connectivity index (χ0n) is 11.1. The van der Waals surface area contributed by atoms with E-state index in [4.69, 9.17) is 5.11 Å². The van der Waals surface area contributed by atoms with Crippen LogP contribution in [-0.2, 0) is 4.79 Å². The number of hydrogen-bond acceptors (Lipinski definition) is 3. The third kappa shape index (κ3) is 5.37. The predicted molar refractivity (Wildman–Crippen MR) is 70.6 cm³/mol. The SMILES string of the molecule is CC(CCNC(=O)NC(C)c1cccnc1)C(=O)O. The summed E-state index contributed by atoms with van der Waals surface area (Å²) in [5.74, 6) is -1.32. The second-order valence-electron chi connectivity index (χ2n) is 4.44. The molecule has 0 aliphatic heterocycles. The number of carbonyl (C=O) groups excluding carboxylic acids is 1. The van der Waals surface area contributed by atoms with Crippen molar-refractivity contribution < 1.29 is 14.7 Å². The lowest BCUT2D eigenvalue weighted by Gasteiger charge is -2.15. The summed E-state index contributed by atoms with van der Waals surface area (Å²) in [6.45, 7) is 3.80. The first-order valence-corrected chi connectivity index (χ1v) is 6.17. The molecule has 2 unspecified atom stereocenters. The molecular weight excluding hydrogens is 246 g/mol. The zero-order chi connectivity index (χ0) is 14.3. The van der Waals surface area contributed by atoms with Gasteiger partial charge in [0.25, 0.3) is 0 Å². The molecule has 104 valence electrons. The smallest absolute Gasteiger partial charge is 0.315 e. The first-order valence-electron chi connectivity index (χ1n) is 6.17. The van der Waals surface area contributed by atoms with Gasteiger partial charge in [0.2, 0.25) is 0 Å². The number of carboxylic acids is 1. The van der Waals surface area contributed by atoms with Crippen LogP contribution in [0.2, 0.25) is 0 Å². The van der Waals surface area contributed by atoms with Crippen molar-refractivity contribution in [3.8, 4) is 0 Å². The Labute approximate surface area is 112 Å². The summed E-state index contributed by atoms with van der Waals surface area (Å²) in [5.41, 5.74) is 0.913. The highest BCUT2D eigenvalue weighted by Crippen LogP contribution is 2.09. The van der Waals surface area contributed by atoms with Gasteiger partial charge in [0, 0.05) is 18.9 Å². The Morgan fingerprint density at radius 3 is 2.74 bits per heavy atom. The summed E-state index contributed by atoms with van der Waals surface area (Å²) in [4.78, 5) is 26.2. The van der Waals surface area contributed by atoms with E-state index in [1.807, 2.05) is 13.0 Å². The van der Waals surface area contributed by atoms with Crippen LogP contribution in [0.3, 0.4) is 0 Å². The van der Waals surface area contributed by atoms with Gasteiger partial charge >= 0.3 is 12.0 Å². The number of rotatable bonds is 6. The zero-order valence-corrected chi connectivity index (χ0v) is 11.1. The molecule has 0 aliphatic carbocycles. The fourth-order valence-electron chi connectivity index (χ4n) is 1.49. The average Bonchev–Trinajstić information content (AvgIpc) is 2.39. The summed E-state index contributed by atoms with van der Waals surface area (Å²) < 4.78 is 0. The molecule has 6 heteroatoms. The molecule has 0 aliphatic rings. The highest BCUT2D eigenvalue weighted by molar-refractivity contribution is 5.74. The van der Waals surface area contributed by atoms with Gasteiger partial charge in [-0.3, -0.25) is 9.78 Å². The highest BCUT2D eigenvalue weighted by atomic mass is 16.4. The largest absolute Gasteiger partial charge is 0.481 e. The number of nitrogens with one attached hydrogen (secondary N) is 2. The Hall–Kier alpha value is -2.11. The fourth-order valence-corrected chi connectivity index (χ4v) is 1.49. The molecule has 1 rings (SSSR count). The molecule has 0 spiro atoms. The summed E-state index contributed by atoms with van der Waals surface area (Å²) in [7, 11) is 0. The second-order valence-corrected chi connectivity index (χ2v) is 4.44. The summed E-state index contributed by atoms with van der Waals surface area (Å²) >= 11 is 0. The molecule has 0 fully saturated rings. The van der Waals surface area contributed by atoms with Crippen LogP contribution in [-0.4, -0.2) is 28.6 Å². The van der Waals surface area contributed by atoms with Crippen LogP contribution in [0, 0.1) is 5.92 Å². The van der Waals surface area contributed by atoms with Crippen LogP contribution < -0.4 is 10.6 Å². The van der Waals surface area contributed by atoms with E-state index in [0.717, 1.165) is 5.56 Å². The van der Waals surface area contributed by atoms with Gasteiger partial charge in [-0.1, -0.05) is 13.0 Å². The molecule has 1 heterocycles. The predicted octanol–water partition coefficient (Wildman–Crippen LogP) is 1.55. The average molecular weight is 265 g/mol. The quantitative estimate of drug-likeness (QED) is 0.727. The third-order valence-corrected chi connectivity index (χ3v) is 2.82. The molecule has 3 N–H and O–H groups in total. The van der Waals surface area contributed by atoms with E-state index in [9.17, 15) is 9.59 Å². The monoisotopic (exact) mass is 265 g/mol. The van der Waals surface area contributed by atoms with Crippen molar-refractivity contribution in [1.29, 1.82) is 0 Å². The van der Waals surface area contributed by atoms with Gasteiger partial charge in [-0.25, -0.2) is 4.79 Å². The second kappa shape index (κ2) is 7.35. The van der Waals surface area contributed by atoms with E-state index in [1.54, 1.807) is 25.4 Å². The van der Waals surface area contributed by atoms with Crippen LogP contribution in [0.25, 0.3) is 0 Å². The molecule has 0 bridgehead atoms. The van der Waals surface area contributed by atoms with Crippen molar-refractivity contribution >= 4 is 12.0 Å². The number of carboxylic acid groups (broad SMARTS) is 1. The molecular formula is C13H19N3O3. The fraction of sp³-hybridized carbons (Fsp3) is 0.462. The Morgan fingerprint density at radius 1 is 1.42 bits per heavy atom. The molecule has 19 heavy (non-hydrogen) atoms. The van der Waals surface area contributed by atoms with Crippen molar-refractivity contribution in [1.82, 2.24) is 15.6 Å². The standard InChI is InChI=1S/C13H19N3O3/c1-9(12(17)18)5-7-15-13(19)16-10(2)11-4-3-6-14-8-11/h3-4,6,8-10H,5,7H2,1-2H3,(H,17,18)(H2,15,16,19). The minimum Gasteiger partial charge on any atom is -0.481 e. The normalized spacial score (nSPS) is 13.4. The van der Waals surface area contributed by atoms with Crippen LogP contribution in [0.1, 0.15) is 31.9 Å². The van der Waals surface area contributed by atoms with Crippen LogP contribution in [0.4, 0.5) is 4.79 Å². The van der Waals surface area contributed by atoms with Gasteiger partial charge < -0.3 is 15.7 Å². The summed E-state index contributed by atoms with van der Waals surface area (Å²) in [6, 6.07) is 3.23. The van der Waals surface area contributed by atoms with E-state index in [2.05, 4.69) is 15.6 Å². The van der Waals surface area contributed by atoms with Gasteiger partial charge in [-0.15, -0.1) is 0 Å². The third-order valence-electron chi connectivity index (χ3n) is 2.82. The molecule has 2 atom stereocenters. The molecule has 6 nitrogen and oxygen atoms in total. The van der Waals surface area contributed by atoms with Crippen molar-refractivity contribution in [3.63, 3.8) is 0 Å². The minimum atomic E-state index is -0.856. The maximum atomic E-state index is 11.6. The number of amides is 2. The first kappa shape index (κ1) is 14.9. The van der Waals surface area contributed by atoms with E-state index in [1.165, 1.54) is 0 Å². The lowest BCUT2D eigenvalue weighted by molar-refractivity contribution is -0.141. The van der Waals surface area contributed by atoms with E-state index < -0.39 is 11.9 Å². The van der Waals surface area contributed by atoms with Crippen molar-refractivity contribution in [3.05, 3.63) is 30.1 Å². The van der Waals surface area contributed by atoms with Crippen LogP contribution in [0.5, 0.6) is 0 Å². The van der Waals surface area contributed by atoms with Gasteiger partial charge in [0.05, 0.1) is 12.0 Å². The summed E-state index contributed by atoms with van der Waals surface area (Å²) in [6.07, 6.45) is 3.77. The lowest BCUT2D eigenvalue weighted by Crippen LogP contribution is -2.38.